The van der Waals surface area contributed by atoms with Crippen LogP contribution in [0.2, 0.25) is 0 Å². The summed E-state index contributed by atoms with van der Waals surface area (Å²) in [7, 11) is -4.38. The number of nitrogens with one attached hydrogen (secondary N) is 1. The minimum Gasteiger partial charge on any atom is -0.445 e. The fourth-order valence-corrected chi connectivity index (χ4v) is 5.82. The van der Waals surface area contributed by atoms with E-state index in [4.69, 9.17) is 18.9 Å². The van der Waals surface area contributed by atoms with Gasteiger partial charge >= 0.3 is 18.2 Å². The molecule has 1 fully saturated rings. The minimum absolute atomic E-state index is 0.158. The lowest BCUT2D eigenvalue weighted by atomic mass is 10.1. The number of carbonyl (C=O) groups is 2. The first-order valence-electron chi connectivity index (χ1n) is 14.8. The summed E-state index contributed by atoms with van der Waals surface area (Å²) in [6.45, 7) is 2.18. The van der Waals surface area contributed by atoms with Gasteiger partial charge in [0.2, 0.25) is 0 Å². The first-order chi connectivity index (χ1) is 23.4. The highest BCUT2D eigenvalue weighted by Gasteiger charge is 2.35. The van der Waals surface area contributed by atoms with E-state index in [0.29, 0.717) is 37.1 Å². The molecule has 0 saturated carbocycles. The Bertz CT molecular complexity index is 2010. The molecule has 1 saturated heterocycles. The van der Waals surface area contributed by atoms with Crippen LogP contribution < -0.4 is 14.6 Å². The third kappa shape index (κ3) is 7.91. The van der Waals surface area contributed by atoms with Crippen LogP contribution in [0.25, 0.3) is 16.9 Å². The van der Waals surface area contributed by atoms with Crippen molar-refractivity contribution >= 4 is 22.1 Å². The number of ether oxygens (including phenoxy) is 2. The van der Waals surface area contributed by atoms with Gasteiger partial charge in [-0.3, -0.25) is 5.01 Å². The van der Waals surface area contributed by atoms with E-state index in [9.17, 15) is 31.2 Å². The number of piperidine rings is 1. The first-order valence-corrected chi connectivity index (χ1v) is 16.3. The SMILES string of the molecule is Cc1ccc(-c2cc(C(F)(F)F)nn2-c2ccc(S(=O)(=O)NC(=O)OC3CCN(n4on4OCOC(=O)c4ccccc4)CC3)cc2)cc1. The highest BCUT2D eigenvalue weighted by Crippen LogP contribution is 2.33. The summed E-state index contributed by atoms with van der Waals surface area (Å²) < 4.78 is 84.9. The Morgan fingerprint density at radius 1 is 0.980 bits per heavy atom. The lowest BCUT2D eigenvalue weighted by Crippen LogP contribution is -2.44. The van der Waals surface area contributed by atoms with Crippen LogP contribution in [0.4, 0.5) is 18.0 Å². The lowest BCUT2D eigenvalue weighted by Gasteiger charge is -2.28. The Morgan fingerprint density at radius 2 is 1.65 bits per heavy atom. The number of halogens is 3. The molecule has 3 heterocycles. The molecule has 14 nitrogen and oxygen atoms in total. The molecule has 1 aliphatic heterocycles. The van der Waals surface area contributed by atoms with Crippen LogP contribution >= 0.6 is 0 Å². The van der Waals surface area contributed by atoms with Crippen molar-refractivity contribution in [1.29, 1.82) is 0 Å². The summed E-state index contributed by atoms with van der Waals surface area (Å²) in [6.07, 6.45) is -5.80. The Labute approximate surface area is 277 Å². The molecular formula is C31H29F3N6O8S. The summed E-state index contributed by atoms with van der Waals surface area (Å²) in [6, 6.07) is 21.0. The highest BCUT2D eigenvalue weighted by atomic mass is 32.2. The van der Waals surface area contributed by atoms with E-state index >= 15 is 0 Å². The molecule has 1 N–H and O–H groups in total. The van der Waals surface area contributed by atoms with Crippen molar-refractivity contribution < 1.29 is 50.1 Å². The summed E-state index contributed by atoms with van der Waals surface area (Å²) in [5.74, 6) is -0.561. The standard InChI is InChI=1S/C31H29F3N6O8S/c1-21-7-9-22(10-8-21)27-19-28(31(32,33)34)35-38(27)24-11-13-26(14-12-24)49(43,44)36-30(42)47-25-15-17-37(18-16-25)39-40(48-39)46-20-45-29(41)23-5-3-2-4-6-23/h2-14,19,25H,15-18,20H2,1H3,(H,36,42). The first kappa shape index (κ1) is 33.3. The molecule has 0 bridgehead atoms. The number of nitrogens with zero attached hydrogens (tertiary/aromatic N) is 5. The molecule has 0 unspecified atom stereocenters. The quantitative estimate of drug-likeness (QED) is 0.162. The fraction of sp³-hybridized carbons (Fsp3) is 0.258. The molecule has 2 aromatic heterocycles. The molecule has 1 aliphatic rings. The smallest absolute Gasteiger partial charge is 0.435 e. The van der Waals surface area contributed by atoms with Crippen LogP contribution in [-0.4, -0.2) is 66.2 Å². The minimum atomic E-state index is -4.70. The van der Waals surface area contributed by atoms with Gasteiger partial charge in [-0.25, -0.2) is 27.4 Å². The predicted octanol–water partition coefficient (Wildman–Crippen LogP) is 4.52. The van der Waals surface area contributed by atoms with Crippen LogP contribution in [0.15, 0.2) is 94.5 Å². The molecule has 49 heavy (non-hydrogen) atoms. The Morgan fingerprint density at radius 3 is 2.31 bits per heavy atom. The van der Waals surface area contributed by atoms with Gasteiger partial charge in [0.1, 0.15) is 11.1 Å². The number of benzene rings is 3. The number of amides is 1. The van der Waals surface area contributed by atoms with Crippen LogP contribution in [-0.2, 0) is 25.7 Å². The molecule has 3 aromatic carbocycles. The Kier molecular flexibility index (Phi) is 9.14. The van der Waals surface area contributed by atoms with Crippen molar-refractivity contribution in [3.05, 3.63) is 102 Å². The van der Waals surface area contributed by atoms with E-state index in [0.717, 1.165) is 33.5 Å². The second-order valence-electron chi connectivity index (χ2n) is 11.0. The molecule has 0 radical (unpaired) electrons. The fourth-order valence-electron chi connectivity index (χ4n) is 4.94. The van der Waals surface area contributed by atoms with Crippen molar-refractivity contribution in [1.82, 2.24) is 24.5 Å². The van der Waals surface area contributed by atoms with E-state index in [1.165, 1.54) is 17.1 Å². The second-order valence-corrected chi connectivity index (χ2v) is 12.6. The van der Waals surface area contributed by atoms with Gasteiger partial charge in [0.25, 0.3) is 16.8 Å². The van der Waals surface area contributed by atoms with Gasteiger partial charge in [0.05, 0.1) is 21.8 Å². The van der Waals surface area contributed by atoms with E-state index in [1.807, 2.05) is 11.6 Å². The van der Waals surface area contributed by atoms with Crippen LogP contribution in [0.5, 0.6) is 0 Å². The second kappa shape index (κ2) is 13.5. The molecule has 18 heteroatoms. The lowest BCUT2D eigenvalue weighted by molar-refractivity contribution is -0.141. The molecule has 0 atom stereocenters. The van der Waals surface area contributed by atoms with Crippen LogP contribution in [0, 0.1) is 6.92 Å². The van der Waals surface area contributed by atoms with Crippen LogP contribution in [0.3, 0.4) is 0 Å². The Hall–Kier alpha value is -5.65. The normalized spacial score (nSPS) is 14.1. The van der Waals surface area contributed by atoms with Crippen molar-refractivity contribution in [3.8, 4) is 16.9 Å². The van der Waals surface area contributed by atoms with Gasteiger partial charge in [-0.15, -0.1) is 0 Å². The molecule has 0 spiro atoms. The number of alkyl halides is 3. The molecular weight excluding hydrogens is 673 g/mol. The predicted molar refractivity (Wildman–Crippen MR) is 165 cm³/mol. The highest BCUT2D eigenvalue weighted by molar-refractivity contribution is 7.90. The zero-order chi connectivity index (χ0) is 34.8. The maximum Gasteiger partial charge on any atom is 0.435 e. The average Bonchev–Trinajstić information content (AvgIpc) is 3.70. The monoisotopic (exact) mass is 702 g/mol. The zero-order valence-electron chi connectivity index (χ0n) is 25.7. The van der Waals surface area contributed by atoms with Crippen molar-refractivity contribution in [2.75, 3.05) is 24.9 Å². The van der Waals surface area contributed by atoms with Gasteiger partial charge in [-0.05, 0) is 49.4 Å². The van der Waals surface area contributed by atoms with Gasteiger partial charge in [0.15, 0.2) is 5.69 Å². The van der Waals surface area contributed by atoms with E-state index in [1.54, 1.807) is 59.6 Å². The number of aryl methyl sites for hydroxylation is 1. The van der Waals surface area contributed by atoms with Gasteiger partial charge in [-0.2, -0.15) is 22.9 Å². The topological polar surface area (TPSA) is 152 Å². The Balaban J connectivity index is 1.00. The molecule has 5 aromatic rings. The van der Waals surface area contributed by atoms with E-state index in [2.05, 4.69) is 5.10 Å². The maximum absolute atomic E-state index is 13.5. The van der Waals surface area contributed by atoms with Crippen molar-refractivity contribution in [3.63, 3.8) is 0 Å². The van der Waals surface area contributed by atoms with Gasteiger partial charge in [-0.1, -0.05) is 48.0 Å². The van der Waals surface area contributed by atoms with E-state index in [-0.39, 0.29) is 16.3 Å². The number of rotatable bonds is 10. The summed E-state index contributed by atoms with van der Waals surface area (Å²) in [4.78, 5) is 30.7. The molecule has 1 amide bonds. The third-order valence-corrected chi connectivity index (χ3v) is 8.84. The van der Waals surface area contributed by atoms with Crippen LogP contribution in [0.1, 0.15) is 34.5 Å². The number of sulfonamides is 1. The van der Waals surface area contributed by atoms with E-state index < -0.39 is 46.9 Å². The largest absolute Gasteiger partial charge is 0.445 e. The van der Waals surface area contributed by atoms with Gasteiger partial charge in [0, 0.05) is 36.5 Å². The van der Waals surface area contributed by atoms with Gasteiger partial charge < -0.3 is 14.3 Å². The summed E-state index contributed by atoms with van der Waals surface area (Å²) in [5.41, 5.74) is 0.994. The third-order valence-electron chi connectivity index (χ3n) is 7.51. The number of hydrogen-bond acceptors (Lipinski definition) is 10. The number of esters is 1. The number of hydrogen-bond donors (Lipinski definition) is 1. The van der Waals surface area contributed by atoms with Crippen molar-refractivity contribution in [2.45, 2.75) is 36.9 Å². The summed E-state index contributed by atoms with van der Waals surface area (Å²) in [5, 5.41) is 6.46. The maximum atomic E-state index is 13.5. The number of aromatic nitrogens is 4. The molecule has 6 rings (SSSR count). The molecule has 258 valence electrons. The molecule has 0 aliphatic carbocycles. The van der Waals surface area contributed by atoms with Crippen molar-refractivity contribution in [2.24, 2.45) is 0 Å². The average molecular weight is 703 g/mol. The summed E-state index contributed by atoms with van der Waals surface area (Å²) >= 11 is 0. The number of carbonyl (C=O) groups excluding carboxylic acids is 2. The zero-order valence-corrected chi connectivity index (χ0v) is 26.6.